The van der Waals surface area contributed by atoms with Crippen LogP contribution in [0.2, 0.25) is 0 Å². The van der Waals surface area contributed by atoms with Crippen LogP contribution in [0.15, 0.2) is 12.3 Å². The molecule has 2 unspecified atom stereocenters. The number of nitrogens with one attached hydrogen (secondary N) is 1. The summed E-state index contributed by atoms with van der Waals surface area (Å²) in [5.74, 6) is 8.18. The van der Waals surface area contributed by atoms with Gasteiger partial charge in [-0.3, -0.25) is 5.43 Å². The molecule has 1 saturated heterocycles. The molecule has 5 nitrogen and oxygen atoms in total. The Balaban J connectivity index is 2.16. The number of hydrogen-bond donors (Lipinski definition) is 2. The van der Waals surface area contributed by atoms with Gasteiger partial charge >= 0.3 is 0 Å². The molecule has 0 spiro atoms. The van der Waals surface area contributed by atoms with Gasteiger partial charge in [0.1, 0.15) is 5.82 Å². The van der Waals surface area contributed by atoms with Crippen molar-refractivity contribution >= 4 is 11.8 Å². The number of hydrazine groups is 1. The number of hydrogen-bond acceptors (Lipinski definition) is 5. The smallest absolute Gasteiger partial charge is 0.239 e. The van der Waals surface area contributed by atoms with E-state index in [1.54, 1.807) is 6.20 Å². The number of nitrogens with zero attached hydrogens (tertiary/aromatic N) is 3. The first-order chi connectivity index (χ1) is 7.69. The maximum Gasteiger partial charge on any atom is 0.239 e. The molecule has 0 aromatic carbocycles. The fourth-order valence-electron chi connectivity index (χ4n) is 2.44. The van der Waals surface area contributed by atoms with Crippen LogP contribution in [-0.2, 0) is 0 Å². The van der Waals surface area contributed by atoms with E-state index >= 15 is 0 Å². The summed E-state index contributed by atoms with van der Waals surface area (Å²) in [6.07, 6.45) is 3.03. The highest BCUT2D eigenvalue weighted by Crippen LogP contribution is 2.24. The van der Waals surface area contributed by atoms with E-state index in [4.69, 9.17) is 5.84 Å². The van der Waals surface area contributed by atoms with Crippen molar-refractivity contribution in [1.29, 1.82) is 0 Å². The van der Waals surface area contributed by atoms with Crippen molar-refractivity contribution in [3.8, 4) is 0 Å². The van der Waals surface area contributed by atoms with Crippen molar-refractivity contribution in [2.24, 2.45) is 17.7 Å². The van der Waals surface area contributed by atoms with Crippen molar-refractivity contribution in [3.63, 3.8) is 0 Å². The van der Waals surface area contributed by atoms with Gasteiger partial charge in [-0.25, -0.2) is 10.8 Å². The fourth-order valence-corrected chi connectivity index (χ4v) is 2.44. The first-order valence-electron chi connectivity index (χ1n) is 5.73. The monoisotopic (exact) mass is 221 g/mol. The quantitative estimate of drug-likeness (QED) is 0.581. The van der Waals surface area contributed by atoms with Gasteiger partial charge in [-0.2, -0.15) is 4.98 Å². The van der Waals surface area contributed by atoms with Crippen LogP contribution in [0.25, 0.3) is 0 Å². The second-order valence-electron chi connectivity index (χ2n) is 4.73. The van der Waals surface area contributed by atoms with Crippen LogP contribution in [-0.4, -0.2) is 23.1 Å². The van der Waals surface area contributed by atoms with E-state index < -0.39 is 0 Å². The maximum absolute atomic E-state index is 5.31. The average molecular weight is 221 g/mol. The Bertz CT molecular complexity index is 344. The zero-order chi connectivity index (χ0) is 11.5. The molecule has 0 aliphatic carbocycles. The Morgan fingerprint density at radius 2 is 2.06 bits per heavy atom. The highest BCUT2D eigenvalue weighted by Gasteiger charge is 2.22. The van der Waals surface area contributed by atoms with Gasteiger partial charge in [-0.05, 0) is 24.3 Å². The molecular formula is C11H19N5. The summed E-state index contributed by atoms with van der Waals surface area (Å²) < 4.78 is 0. The summed E-state index contributed by atoms with van der Waals surface area (Å²) >= 11 is 0. The molecule has 1 fully saturated rings. The van der Waals surface area contributed by atoms with E-state index in [2.05, 4.69) is 34.1 Å². The molecule has 1 aromatic heterocycles. The third-order valence-corrected chi connectivity index (χ3v) is 2.96. The molecule has 1 aromatic rings. The second-order valence-corrected chi connectivity index (χ2v) is 4.73. The number of anilines is 2. The Labute approximate surface area is 96.0 Å². The highest BCUT2D eigenvalue weighted by atomic mass is 15.3. The van der Waals surface area contributed by atoms with E-state index in [0.717, 1.165) is 18.9 Å². The van der Waals surface area contributed by atoms with Gasteiger partial charge in [-0.1, -0.05) is 13.8 Å². The minimum Gasteiger partial charge on any atom is -0.356 e. The number of aromatic nitrogens is 2. The molecule has 0 bridgehead atoms. The zero-order valence-corrected chi connectivity index (χ0v) is 9.85. The van der Waals surface area contributed by atoms with Crippen LogP contribution in [0.5, 0.6) is 0 Å². The van der Waals surface area contributed by atoms with Crippen LogP contribution in [0, 0.1) is 11.8 Å². The maximum atomic E-state index is 5.31. The average Bonchev–Trinajstić information content (AvgIpc) is 2.28. The molecule has 2 atom stereocenters. The summed E-state index contributed by atoms with van der Waals surface area (Å²) in [5.41, 5.74) is 2.48. The van der Waals surface area contributed by atoms with Gasteiger partial charge in [-0.15, -0.1) is 0 Å². The predicted octanol–water partition coefficient (Wildman–Crippen LogP) is 1.24. The van der Waals surface area contributed by atoms with Gasteiger partial charge in [0.05, 0.1) is 0 Å². The SMILES string of the molecule is CC1CC(C)CN(c2ccnc(NN)n2)C1. The van der Waals surface area contributed by atoms with Crippen molar-refractivity contribution in [1.82, 2.24) is 9.97 Å². The molecule has 2 heterocycles. The number of rotatable bonds is 2. The Hall–Kier alpha value is -1.36. The summed E-state index contributed by atoms with van der Waals surface area (Å²) in [5, 5.41) is 0. The van der Waals surface area contributed by atoms with Crippen LogP contribution < -0.4 is 16.2 Å². The van der Waals surface area contributed by atoms with E-state index in [0.29, 0.717) is 17.8 Å². The molecule has 88 valence electrons. The predicted molar refractivity (Wildman–Crippen MR) is 65.0 cm³/mol. The van der Waals surface area contributed by atoms with E-state index in [1.807, 2.05) is 6.07 Å². The lowest BCUT2D eigenvalue weighted by atomic mass is 9.92. The largest absolute Gasteiger partial charge is 0.356 e. The third-order valence-electron chi connectivity index (χ3n) is 2.96. The topological polar surface area (TPSA) is 67.1 Å². The molecule has 3 N–H and O–H groups in total. The highest BCUT2D eigenvalue weighted by molar-refractivity contribution is 5.42. The Kier molecular flexibility index (Phi) is 3.24. The molecule has 5 heteroatoms. The van der Waals surface area contributed by atoms with Gasteiger partial charge in [0, 0.05) is 19.3 Å². The second kappa shape index (κ2) is 4.65. The minimum atomic E-state index is 0.475. The lowest BCUT2D eigenvalue weighted by Crippen LogP contribution is -2.39. The van der Waals surface area contributed by atoms with Gasteiger partial charge in [0.25, 0.3) is 0 Å². The van der Waals surface area contributed by atoms with Gasteiger partial charge in [0.15, 0.2) is 0 Å². The number of piperidine rings is 1. The van der Waals surface area contributed by atoms with Crippen molar-refractivity contribution in [2.75, 3.05) is 23.4 Å². The molecule has 0 amide bonds. The van der Waals surface area contributed by atoms with Crippen LogP contribution in [0.1, 0.15) is 20.3 Å². The number of nitrogens with two attached hydrogens (primary N) is 1. The number of nitrogen functional groups attached to an aromatic ring is 1. The third kappa shape index (κ3) is 2.41. The molecule has 2 rings (SSSR count). The standard InChI is InChI=1S/C11H19N5/c1-8-5-9(2)7-16(6-8)10-3-4-13-11(14-10)15-12/h3-4,8-9H,5-7,12H2,1-2H3,(H,13,14,15). The lowest BCUT2D eigenvalue weighted by Gasteiger charge is -2.35. The van der Waals surface area contributed by atoms with E-state index in [-0.39, 0.29) is 0 Å². The fraction of sp³-hybridized carbons (Fsp3) is 0.636. The first kappa shape index (κ1) is 11.1. The van der Waals surface area contributed by atoms with E-state index in [1.165, 1.54) is 6.42 Å². The van der Waals surface area contributed by atoms with Crippen LogP contribution >= 0.6 is 0 Å². The van der Waals surface area contributed by atoms with Crippen molar-refractivity contribution in [3.05, 3.63) is 12.3 Å². The normalized spacial score (nSPS) is 25.6. The molecule has 0 radical (unpaired) electrons. The summed E-state index contributed by atoms with van der Waals surface area (Å²) in [6, 6.07) is 1.94. The molecular weight excluding hydrogens is 202 g/mol. The lowest BCUT2D eigenvalue weighted by molar-refractivity contribution is 0.355. The van der Waals surface area contributed by atoms with Crippen molar-refractivity contribution < 1.29 is 0 Å². The van der Waals surface area contributed by atoms with Crippen molar-refractivity contribution in [2.45, 2.75) is 20.3 Å². The summed E-state index contributed by atoms with van der Waals surface area (Å²) in [4.78, 5) is 10.7. The Morgan fingerprint density at radius 3 is 2.69 bits per heavy atom. The van der Waals surface area contributed by atoms with Crippen LogP contribution in [0.3, 0.4) is 0 Å². The zero-order valence-electron chi connectivity index (χ0n) is 9.85. The molecule has 16 heavy (non-hydrogen) atoms. The Morgan fingerprint density at radius 1 is 1.38 bits per heavy atom. The molecule has 1 aliphatic rings. The van der Waals surface area contributed by atoms with E-state index in [9.17, 15) is 0 Å². The minimum absolute atomic E-state index is 0.475. The first-order valence-corrected chi connectivity index (χ1v) is 5.73. The van der Waals surface area contributed by atoms with Gasteiger partial charge < -0.3 is 4.90 Å². The van der Waals surface area contributed by atoms with Gasteiger partial charge in [0.2, 0.25) is 5.95 Å². The summed E-state index contributed by atoms with van der Waals surface area (Å²) in [7, 11) is 0. The molecule has 0 saturated carbocycles. The summed E-state index contributed by atoms with van der Waals surface area (Å²) in [6.45, 7) is 6.69. The van der Waals surface area contributed by atoms with Crippen LogP contribution in [0.4, 0.5) is 11.8 Å². The molecule has 1 aliphatic heterocycles.